The van der Waals surface area contributed by atoms with Gasteiger partial charge in [0.05, 0.1) is 26.4 Å². The third-order valence-corrected chi connectivity index (χ3v) is 5.14. The Balaban J connectivity index is 1.71. The average Bonchev–Trinajstić information content (AvgIpc) is 2.75. The summed E-state index contributed by atoms with van der Waals surface area (Å²) in [4.78, 5) is 14.0. The van der Waals surface area contributed by atoms with Crippen molar-refractivity contribution in [1.82, 2.24) is 9.97 Å². The van der Waals surface area contributed by atoms with E-state index in [1.807, 2.05) is 18.2 Å². The molecule has 2 fully saturated rings. The maximum atomic E-state index is 6.53. The van der Waals surface area contributed by atoms with Crippen LogP contribution in [0, 0.1) is 6.92 Å². The molecule has 3 heterocycles. The van der Waals surface area contributed by atoms with Gasteiger partial charge in [0, 0.05) is 26.2 Å². The third-order valence-electron chi connectivity index (χ3n) is 5.14. The predicted octanol–water partition coefficient (Wildman–Crippen LogP) is 2.21. The van der Waals surface area contributed by atoms with Crippen LogP contribution in [-0.4, -0.2) is 62.6 Å². The lowest BCUT2D eigenvalue weighted by Gasteiger charge is -2.32. The molecule has 28 heavy (non-hydrogen) atoms. The van der Waals surface area contributed by atoms with Gasteiger partial charge in [-0.25, -0.2) is 9.97 Å². The molecular weight excluding hydrogens is 354 g/mol. The summed E-state index contributed by atoms with van der Waals surface area (Å²) in [6.45, 7) is 7.97. The van der Waals surface area contributed by atoms with Gasteiger partial charge in [-0.2, -0.15) is 0 Å². The van der Waals surface area contributed by atoms with Crippen molar-refractivity contribution in [3.05, 3.63) is 41.2 Å². The zero-order valence-electron chi connectivity index (χ0n) is 16.3. The topological polar surface area (TPSA) is 76.7 Å². The zero-order chi connectivity index (χ0) is 19.3. The second-order valence-electron chi connectivity index (χ2n) is 7.03. The number of benzene rings is 1. The molecule has 2 aliphatic rings. The molecule has 148 valence electrons. The zero-order valence-corrected chi connectivity index (χ0v) is 16.3. The molecule has 0 atom stereocenters. The van der Waals surface area contributed by atoms with E-state index < -0.39 is 0 Å². The van der Waals surface area contributed by atoms with Crippen LogP contribution in [0.25, 0.3) is 12.2 Å². The number of aryl methyl sites for hydroxylation is 1. The highest BCUT2D eigenvalue weighted by molar-refractivity contribution is 5.79. The van der Waals surface area contributed by atoms with Crippen LogP contribution in [0.5, 0.6) is 0 Å². The number of ether oxygens (including phenoxy) is 2. The highest BCUT2D eigenvalue weighted by Gasteiger charge is 2.23. The fraction of sp³-hybridized carbons (Fsp3) is 0.429. The molecule has 0 spiro atoms. The van der Waals surface area contributed by atoms with Gasteiger partial charge < -0.3 is 25.0 Å². The highest BCUT2D eigenvalue weighted by Crippen LogP contribution is 2.31. The molecule has 7 nitrogen and oxygen atoms in total. The lowest BCUT2D eigenvalue weighted by Crippen LogP contribution is -2.40. The van der Waals surface area contributed by atoms with Crippen LogP contribution in [0.3, 0.4) is 0 Å². The second-order valence-corrected chi connectivity index (χ2v) is 7.03. The van der Waals surface area contributed by atoms with Crippen LogP contribution in [0.4, 0.5) is 17.3 Å². The smallest absolute Gasteiger partial charge is 0.158 e. The van der Waals surface area contributed by atoms with Gasteiger partial charge in [-0.15, -0.1) is 0 Å². The minimum Gasteiger partial charge on any atom is -0.393 e. The van der Waals surface area contributed by atoms with Crippen LogP contribution in [0.2, 0.25) is 0 Å². The molecule has 2 aliphatic heterocycles. The number of nitrogens with zero attached hydrogens (tertiary/aromatic N) is 4. The molecule has 0 aliphatic carbocycles. The van der Waals surface area contributed by atoms with Gasteiger partial charge in [0.15, 0.2) is 17.5 Å². The van der Waals surface area contributed by atoms with Crippen molar-refractivity contribution in [2.24, 2.45) is 0 Å². The van der Waals surface area contributed by atoms with Crippen molar-refractivity contribution in [1.29, 1.82) is 0 Å². The summed E-state index contributed by atoms with van der Waals surface area (Å²) in [7, 11) is 0. The molecule has 7 heteroatoms. The number of hydrogen-bond donors (Lipinski definition) is 1. The first kappa shape index (κ1) is 18.7. The highest BCUT2D eigenvalue weighted by atomic mass is 16.5. The summed E-state index contributed by atoms with van der Waals surface area (Å²) in [5, 5.41) is 0. The normalized spacial score (nSPS) is 18.0. The molecule has 1 aromatic heterocycles. The summed E-state index contributed by atoms with van der Waals surface area (Å²) in [6.07, 6.45) is 4.03. The Bertz CT molecular complexity index is 803. The quantitative estimate of drug-likeness (QED) is 0.870. The Morgan fingerprint density at radius 3 is 1.93 bits per heavy atom. The number of nitrogen functional groups attached to an aromatic ring is 1. The predicted molar refractivity (Wildman–Crippen MR) is 113 cm³/mol. The van der Waals surface area contributed by atoms with E-state index in [0.717, 1.165) is 43.4 Å². The lowest BCUT2D eigenvalue weighted by molar-refractivity contribution is 0.122. The van der Waals surface area contributed by atoms with Crippen LogP contribution in [0.1, 0.15) is 17.0 Å². The number of morpholine rings is 2. The maximum absolute atomic E-state index is 6.53. The maximum Gasteiger partial charge on any atom is 0.158 e. The molecule has 2 saturated heterocycles. The summed E-state index contributed by atoms with van der Waals surface area (Å²) in [5.41, 5.74) is 9.54. The molecular formula is C21H27N5O2. The van der Waals surface area contributed by atoms with Gasteiger partial charge in [0.25, 0.3) is 0 Å². The minimum atomic E-state index is 0.636. The van der Waals surface area contributed by atoms with E-state index in [2.05, 4.69) is 34.9 Å². The third kappa shape index (κ3) is 4.10. The van der Waals surface area contributed by atoms with E-state index >= 15 is 0 Å². The monoisotopic (exact) mass is 381 g/mol. The Kier molecular flexibility index (Phi) is 5.73. The summed E-state index contributed by atoms with van der Waals surface area (Å²) >= 11 is 0. The number of nitrogens with two attached hydrogens (primary N) is 1. The van der Waals surface area contributed by atoms with Crippen LogP contribution in [0.15, 0.2) is 24.3 Å². The van der Waals surface area contributed by atoms with E-state index in [0.29, 0.717) is 37.9 Å². The fourth-order valence-electron chi connectivity index (χ4n) is 3.51. The average molecular weight is 381 g/mol. The molecule has 0 unspecified atom stereocenters. The Morgan fingerprint density at radius 1 is 0.857 bits per heavy atom. The van der Waals surface area contributed by atoms with E-state index in [4.69, 9.17) is 25.2 Å². The van der Waals surface area contributed by atoms with Gasteiger partial charge in [-0.3, -0.25) is 0 Å². The minimum absolute atomic E-state index is 0.636. The van der Waals surface area contributed by atoms with Crippen LogP contribution >= 0.6 is 0 Å². The first-order valence-corrected chi connectivity index (χ1v) is 9.79. The summed E-state index contributed by atoms with van der Waals surface area (Å²) in [5.74, 6) is 2.26. The second kappa shape index (κ2) is 8.58. The lowest BCUT2D eigenvalue weighted by atomic mass is 10.1. The molecule has 0 bridgehead atoms. The van der Waals surface area contributed by atoms with Crippen molar-refractivity contribution in [2.75, 3.05) is 68.1 Å². The number of anilines is 3. The first-order valence-electron chi connectivity index (χ1n) is 9.79. The van der Waals surface area contributed by atoms with Gasteiger partial charge in [0.1, 0.15) is 5.69 Å². The fourth-order valence-corrected chi connectivity index (χ4v) is 3.51. The van der Waals surface area contributed by atoms with E-state index in [1.165, 1.54) is 5.56 Å². The molecule has 4 rings (SSSR count). The van der Waals surface area contributed by atoms with Crippen LogP contribution < -0.4 is 15.5 Å². The van der Waals surface area contributed by atoms with E-state index in [1.54, 1.807) is 0 Å². The van der Waals surface area contributed by atoms with Gasteiger partial charge in [0.2, 0.25) is 0 Å². The Morgan fingerprint density at radius 2 is 1.39 bits per heavy atom. The molecule has 0 amide bonds. The number of aromatic nitrogens is 2. The molecule has 2 aromatic rings. The van der Waals surface area contributed by atoms with Crippen LogP contribution in [-0.2, 0) is 9.47 Å². The molecule has 0 saturated carbocycles. The summed E-state index contributed by atoms with van der Waals surface area (Å²) < 4.78 is 11.0. The van der Waals surface area contributed by atoms with Crippen molar-refractivity contribution in [3.8, 4) is 0 Å². The number of hydrogen-bond acceptors (Lipinski definition) is 7. The largest absolute Gasteiger partial charge is 0.393 e. The van der Waals surface area contributed by atoms with Crippen molar-refractivity contribution in [2.45, 2.75) is 6.92 Å². The summed E-state index contributed by atoms with van der Waals surface area (Å²) in [6, 6.07) is 8.27. The van der Waals surface area contributed by atoms with Crippen molar-refractivity contribution in [3.63, 3.8) is 0 Å². The van der Waals surface area contributed by atoms with E-state index in [9.17, 15) is 0 Å². The first-order chi connectivity index (χ1) is 13.7. The van der Waals surface area contributed by atoms with E-state index in [-0.39, 0.29) is 0 Å². The standard InChI is InChI=1S/C21H27N5O2/c1-16-4-2-3-5-17(16)6-7-18-23-20(25-8-12-27-13-9-25)19(22)21(24-18)26-10-14-28-15-11-26/h2-7H,8-15,22H2,1H3. The molecule has 1 aromatic carbocycles. The van der Waals surface area contributed by atoms with Crippen molar-refractivity contribution >= 4 is 29.5 Å². The number of rotatable bonds is 4. The van der Waals surface area contributed by atoms with Crippen molar-refractivity contribution < 1.29 is 9.47 Å². The molecule has 0 radical (unpaired) electrons. The molecule has 2 N–H and O–H groups in total. The van der Waals surface area contributed by atoms with Gasteiger partial charge >= 0.3 is 0 Å². The van der Waals surface area contributed by atoms with Gasteiger partial charge in [-0.1, -0.05) is 30.3 Å². The van der Waals surface area contributed by atoms with Gasteiger partial charge in [-0.05, 0) is 24.1 Å². The Labute approximate surface area is 165 Å². The SMILES string of the molecule is Cc1ccccc1C=Cc1nc(N2CCOCC2)c(N)c(N2CCOCC2)n1. The Hall–Kier alpha value is -2.64.